The lowest BCUT2D eigenvalue weighted by Gasteiger charge is -2.23. The van der Waals surface area contributed by atoms with E-state index in [2.05, 4.69) is 4.98 Å². The lowest BCUT2D eigenvalue weighted by Crippen LogP contribution is -2.29. The first-order valence-corrected chi connectivity index (χ1v) is 6.20. The van der Waals surface area contributed by atoms with Crippen molar-refractivity contribution in [2.45, 2.75) is 13.8 Å². The molecule has 0 saturated carbocycles. The molecule has 0 bridgehead atoms. The highest BCUT2D eigenvalue weighted by atomic mass is 35.5. The highest BCUT2D eigenvalue weighted by Gasteiger charge is 2.17. The number of aromatic nitrogens is 1. The summed E-state index contributed by atoms with van der Waals surface area (Å²) in [6.07, 6.45) is 0. The Bertz CT molecular complexity index is 412. The summed E-state index contributed by atoms with van der Waals surface area (Å²) in [6, 6.07) is 2.95. The minimum Gasteiger partial charge on any atom is -0.478 e. The summed E-state index contributed by atoms with van der Waals surface area (Å²) in [4.78, 5) is 17.1. The molecule has 100 valence electrons. The molecule has 18 heavy (non-hydrogen) atoms. The number of anilines is 1. The molecular formula is C12H17ClN2O3. The van der Waals surface area contributed by atoms with Crippen molar-refractivity contribution in [3.05, 3.63) is 22.8 Å². The fourth-order valence-electron chi connectivity index (χ4n) is 1.57. The van der Waals surface area contributed by atoms with Gasteiger partial charge in [0, 0.05) is 19.7 Å². The van der Waals surface area contributed by atoms with E-state index in [-0.39, 0.29) is 10.7 Å². The van der Waals surface area contributed by atoms with E-state index in [1.54, 1.807) is 0 Å². The predicted octanol–water partition coefficient (Wildman–Crippen LogP) is 2.30. The Balaban J connectivity index is 2.95. The van der Waals surface area contributed by atoms with Gasteiger partial charge in [0.05, 0.1) is 6.61 Å². The number of carboxylic acids is 1. The predicted molar refractivity (Wildman–Crippen MR) is 70.6 cm³/mol. The number of hydrogen-bond acceptors (Lipinski definition) is 4. The molecule has 1 aromatic heterocycles. The monoisotopic (exact) mass is 272 g/mol. The summed E-state index contributed by atoms with van der Waals surface area (Å²) in [5.74, 6) is -0.624. The minimum absolute atomic E-state index is 0.151. The first kappa shape index (κ1) is 14.7. The number of aromatic carboxylic acids is 1. The van der Waals surface area contributed by atoms with Crippen LogP contribution in [0.2, 0.25) is 5.15 Å². The molecule has 0 aromatic carbocycles. The lowest BCUT2D eigenvalue weighted by molar-refractivity contribution is 0.0697. The molecule has 6 heteroatoms. The van der Waals surface area contributed by atoms with Crippen LogP contribution < -0.4 is 4.90 Å². The number of nitrogens with zero attached hydrogens (tertiary/aromatic N) is 2. The van der Waals surface area contributed by atoms with Crippen LogP contribution in [0.3, 0.4) is 0 Å². The zero-order chi connectivity index (χ0) is 13.5. The fraction of sp³-hybridized carbons (Fsp3) is 0.500. The van der Waals surface area contributed by atoms with Crippen LogP contribution in [0.25, 0.3) is 0 Å². The SMILES string of the molecule is CCOCCN(CC)c1nc(Cl)ccc1C(=O)O. The third-order valence-electron chi connectivity index (χ3n) is 2.46. The molecule has 0 fully saturated rings. The van der Waals surface area contributed by atoms with Crippen molar-refractivity contribution in [1.82, 2.24) is 4.98 Å². The molecule has 0 aliphatic rings. The molecule has 5 nitrogen and oxygen atoms in total. The minimum atomic E-state index is -1.01. The number of likely N-dealkylation sites (N-methyl/N-ethyl adjacent to an activating group) is 1. The van der Waals surface area contributed by atoms with E-state index in [1.807, 2.05) is 18.7 Å². The maximum absolute atomic E-state index is 11.1. The van der Waals surface area contributed by atoms with E-state index >= 15 is 0 Å². The standard InChI is InChI=1S/C12H17ClN2O3/c1-3-15(7-8-18-4-2)11-9(12(16)17)5-6-10(13)14-11/h5-6H,3-4,7-8H2,1-2H3,(H,16,17). The summed E-state index contributed by atoms with van der Waals surface area (Å²) in [5, 5.41) is 9.41. The fourth-order valence-corrected chi connectivity index (χ4v) is 1.71. The summed E-state index contributed by atoms with van der Waals surface area (Å²) in [6.45, 7) is 6.22. The Morgan fingerprint density at radius 3 is 2.78 bits per heavy atom. The number of pyridine rings is 1. The van der Waals surface area contributed by atoms with Crippen LogP contribution >= 0.6 is 11.6 Å². The number of ether oxygens (including phenoxy) is 1. The molecular weight excluding hydrogens is 256 g/mol. The second-order valence-corrected chi connectivity index (χ2v) is 3.97. The van der Waals surface area contributed by atoms with Gasteiger partial charge in [-0.2, -0.15) is 0 Å². The van der Waals surface area contributed by atoms with Crippen LogP contribution in [-0.2, 0) is 4.74 Å². The smallest absolute Gasteiger partial charge is 0.339 e. The lowest BCUT2D eigenvalue weighted by atomic mass is 10.2. The van der Waals surface area contributed by atoms with E-state index in [0.29, 0.717) is 32.1 Å². The molecule has 0 spiro atoms. The van der Waals surface area contributed by atoms with Gasteiger partial charge in [-0.1, -0.05) is 11.6 Å². The van der Waals surface area contributed by atoms with Gasteiger partial charge in [-0.15, -0.1) is 0 Å². The Hall–Kier alpha value is -1.33. The topological polar surface area (TPSA) is 62.7 Å². The van der Waals surface area contributed by atoms with Crippen LogP contribution in [-0.4, -0.2) is 42.4 Å². The average molecular weight is 273 g/mol. The third-order valence-corrected chi connectivity index (χ3v) is 2.67. The Labute approximate surface area is 111 Å². The number of carbonyl (C=O) groups is 1. The maximum atomic E-state index is 11.1. The molecule has 1 rings (SSSR count). The van der Waals surface area contributed by atoms with Crippen LogP contribution in [0, 0.1) is 0 Å². The van der Waals surface area contributed by atoms with E-state index in [1.165, 1.54) is 12.1 Å². The van der Waals surface area contributed by atoms with Crippen LogP contribution in [0.1, 0.15) is 24.2 Å². The van der Waals surface area contributed by atoms with Gasteiger partial charge in [-0.3, -0.25) is 0 Å². The summed E-state index contributed by atoms with van der Waals surface area (Å²) < 4.78 is 5.27. The van der Waals surface area contributed by atoms with Crippen molar-refractivity contribution >= 4 is 23.4 Å². The van der Waals surface area contributed by atoms with Crippen molar-refractivity contribution in [2.24, 2.45) is 0 Å². The van der Waals surface area contributed by atoms with Gasteiger partial charge >= 0.3 is 5.97 Å². The van der Waals surface area contributed by atoms with E-state index in [0.717, 1.165) is 0 Å². The normalized spacial score (nSPS) is 10.4. The summed E-state index contributed by atoms with van der Waals surface area (Å²) >= 11 is 5.82. The highest BCUT2D eigenvalue weighted by molar-refractivity contribution is 6.29. The number of hydrogen-bond donors (Lipinski definition) is 1. The highest BCUT2D eigenvalue weighted by Crippen LogP contribution is 2.20. The molecule has 0 aliphatic carbocycles. The molecule has 0 amide bonds. The Morgan fingerprint density at radius 2 is 2.22 bits per heavy atom. The molecule has 0 unspecified atom stereocenters. The van der Waals surface area contributed by atoms with Gasteiger partial charge in [0.1, 0.15) is 16.5 Å². The van der Waals surface area contributed by atoms with E-state index < -0.39 is 5.97 Å². The van der Waals surface area contributed by atoms with Crippen molar-refractivity contribution < 1.29 is 14.6 Å². The van der Waals surface area contributed by atoms with Crippen LogP contribution in [0.15, 0.2) is 12.1 Å². The molecule has 1 heterocycles. The van der Waals surface area contributed by atoms with Gasteiger partial charge < -0.3 is 14.7 Å². The van der Waals surface area contributed by atoms with Crippen molar-refractivity contribution in [1.29, 1.82) is 0 Å². The first-order chi connectivity index (χ1) is 8.60. The zero-order valence-electron chi connectivity index (χ0n) is 10.5. The van der Waals surface area contributed by atoms with Crippen LogP contribution in [0.4, 0.5) is 5.82 Å². The Morgan fingerprint density at radius 1 is 1.50 bits per heavy atom. The third kappa shape index (κ3) is 3.85. The second-order valence-electron chi connectivity index (χ2n) is 3.59. The quantitative estimate of drug-likeness (QED) is 0.609. The number of halogens is 1. The zero-order valence-corrected chi connectivity index (χ0v) is 11.3. The van der Waals surface area contributed by atoms with Gasteiger partial charge in [-0.25, -0.2) is 9.78 Å². The Kier molecular flexibility index (Phi) is 5.88. The van der Waals surface area contributed by atoms with Crippen molar-refractivity contribution in [3.63, 3.8) is 0 Å². The van der Waals surface area contributed by atoms with Gasteiger partial charge in [0.15, 0.2) is 0 Å². The van der Waals surface area contributed by atoms with Crippen LogP contribution in [0.5, 0.6) is 0 Å². The maximum Gasteiger partial charge on any atom is 0.339 e. The van der Waals surface area contributed by atoms with E-state index in [4.69, 9.17) is 21.4 Å². The first-order valence-electron chi connectivity index (χ1n) is 5.82. The molecule has 0 aliphatic heterocycles. The largest absolute Gasteiger partial charge is 0.478 e. The van der Waals surface area contributed by atoms with Gasteiger partial charge in [0.2, 0.25) is 0 Å². The number of rotatable bonds is 7. The second kappa shape index (κ2) is 7.18. The summed E-state index contributed by atoms with van der Waals surface area (Å²) in [7, 11) is 0. The molecule has 0 atom stereocenters. The van der Waals surface area contributed by atoms with Crippen molar-refractivity contribution in [2.75, 3.05) is 31.2 Å². The molecule has 1 N–H and O–H groups in total. The van der Waals surface area contributed by atoms with Crippen molar-refractivity contribution in [3.8, 4) is 0 Å². The number of carboxylic acid groups (broad SMARTS) is 1. The van der Waals surface area contributed by atoms with Gasteiger partial charge in [-0.05, 0) is 26.0 Å². The summed E-state index contributed by atoms with van der Waals surface area (Å²) in [5.41, 5.74) is 0.151. The molecule has 0 radical (unpaired) electrons. The van der Waals surface area contributed by atoms with E-state index in [9.17, 15) is 4.79 Å². The van der Waals surface area contributed by atoms with Gasteiger partial charge in [0.25, 0.3) is 0 Å². The average Bonchev–Trinajstić information content (AvgIpc) is 2.34. The molecule has 0 saturated heterocycles. The molecule has 1 aromatic rings.